The summed E-state index contributed by atoms with van der Waals surface area (Å²) in [5, 5.41) is 11.5. The number of rotatable bonds is 6. The average Bonchev–Trinajstić information content (AvgIpc) is 2.32. The third-order valence-electron chi connectivity index (χ3n) is 3.03. The molecule has 21 heavy (non-hydrogen) atoms. The molecule has 1 rings (SSSR count). The quantitative estimate of drug-likeness (QED) is 0.649. The van der Waals surface area contributed by atoms with E-state index in [9.17, 15) is 18.0 Å². The number of urea groups is 1. The Morgan fingerprint density at radius 2 is 2.10 bits per heavy atom. The van der Waals surface area contributed by atoms with Gasteiger partial charge in [0.05, 0.1) is 36.7 Å². The van der Waals surface area contributed by atoms with Crippen LogP contribution in [0.4, 0.5) is 4.79 Å². The zero-order chi connectivity index (χ0) is 16.0. The van der Waals surface area contributed by atoms with E-state index in [0.29, 0.717) is 13.2 Å². The van der Waals surface area contributed by atoms with E-state index in [4.69, 9.17) is 9.84 Å². The van der Waals surface area contributed by atoms with Crippen molar-refractivity contribution in [1.82, 2.24) is 10.2 Å². The van der Waals surface area contributed by atoms with Gasteiger partial charge in [0, 0.05) is 13.1 Å². The Morgan fingerprint density at radius 1 is 1.43 bits per heavy atom. The molecule has 122 valence electrons. The Labute approximate surface area is 124 Å². The van der Waals surface area contributed by atoms with Crippen LogP contribution in [0.3, 0.4) is 0 Å². The predicted molar refractivity (Wildman–Crippen MR) is 75.9 cm³/mol. The van der Waals surface area contributed by atoms with E-state index in [-0.39, 0.29) is 30.6 Å². The van der Waals surface area contributed by atoms with Crippen LogP contribution in [0.5, 0.6) is 0 Å². The summed E-state index contributed by atoms with van der Waals surface area (Å²) in [4.78, 5) is 24.1. The van der Waals surface area contributed by atoms with Crippen molar-refractivity contribution in [2.45, 2.75) is 32.4 Å². The summed E-state index contributed by atoms with van der Waals surface area (Å²) in [6.07, 6.45) is -0.323. The second-order valence-electron chi connectivity index (χ2n) is 5.21. The van der Waals surface area contributed by atoms with E-state index in [0.717, 1.165) is 0 Å². The van der Waals surface area contributed by atoms with Crippen molar-refractivity contribution >= 4 is 21.8 Å². The summed E-state index contributed by atoms with van der Waals surface area (Å²) in [5.74, 6) is -1.58. The molecule has 0 bridgehead atoms. The van der Waals surface area contributed by atoms with E-state index < -0.39 is 27.9 Å². The first-order valence-electron chi connectivity index (χ1n) is 6.79. The molecule has 1 aliphatic rings. The SMILES string of the molecule is CC(C)OCCNC(=O)N1CCS(=O)(=O)CC1CC(=O)O. The summed E-state index contributed by atoms with van der Waals surface area (Å²) < 4.78 is 28.4. The van der Waals surface area contributed by atoms with Crippen LogP contribution < -0.4 is 5.32 Å². The molecule has 1 saturated heterocycles. The second-order valence-corrected chi connectivity index (χ2v) is 7.44. The minimum absolute atomic E-state index is 0.0111. The maximum absolute atomic E-state index is 12.0. The number of amides is 2. The van der Waals surface area contributed by atoms with E-state index in [1.807, 2.05) is 13.8 Å². The monoisotopic (exact) mass is 322 g/mol. The smallest absolute Gasteiger partial charge is 0.317 e. The van der Waals surface area contributed by atoms with Crippen LogP contribution in [0.1, 0.15) is 20.3 Å². The van der Waals surface area contributed by atoms with Gasteiger partial charge in [-0.05, 0) is 13.8 Å². The van der Waals surface area contributed by atoms with Crippen molar-refractivity contribution in [1.29, 1.82) is 0 Å². The lowest BCUT2D eigenvalue weighted by atomic mass is 10.2. The van der Waals surface area contributed by atoms with Crippen molar-refractivity contribution in [3.8, 4) is 0 Å². The molecule has 1 unspecified atom stereocenters. The molecular weight excluding hydrogens is 300 g/mol. The van der Waals surface area contributed by atoms with Crippen molar-refractivity contribution in [3.63, 3.8) is 0 Å². The minimum Gasteiger partial charge on any atom is -0.481 e. The molecule has 0 aromatic heterocycles. The predicted octanol–water partition coefficient (Wildman–Crippen LogP) is -0.305. The van der Waals surface area contributed by atoms with Gasteiger partial charge in [0.1, 0.15) is 0 Å². The van der Waals surface area contributed by atoms with Crippen LogP contribution in [0.25, 0.3) is 0 Å². The molecule has 0 aromatic carbocycles. The fourth-order valence-corrected chi connectivity index (χ4v) is 3.60. The first-order valence-corrected chi connectivity index (χ1v) is 8.61. The van der Waals surface area contributed by atoms with Gasteiger partial charge >= 0.3 is 12.0 Å². The lowest BCUT2D eigenvalue weighted by molar-refractivity contribution is -0.138. The minimum atomic E-state index is -3.29. The van der Waals surface area contributed by atoms with E-state index >= 15 is 0 Å². The number of sulfone groups is 1. The summed E-state index contributed by atoms with van der Waals surface area (Å²) in [6.45, 7) is 4.40. The zero-order valence-electron chi connectivity index (χ0n) is 12.2. The van der Waals surface area contributed by atoms with Gasteiger partial charge < -0.3 is 20.1 Å². The highest BCUT2D eigenvalue weighted by Gasteiger charge is 2.35. The lowest BCUT2D eigenvalue weighted by Gasteiger charge is -2.34. The first kappa shape index (κ1) is 17.7. The largest absolute Gasteiger partial charge is 0.481 e. The summed E-state index contributed by atoms with van der Waals surface area (Å²) in [5.41, 5.74) is 0. The Bertz CT molecular complexity index is 476. The molecule has 8 nitrogen and oxygen atoms in total. The fourth-order valence-electron chi connectivity index (χ4n) is 2.08. The zero-order valence-corrected chi connectivity index (χ0v) is 13.1. The molecule has 9 heteroatoms. The Kier molecular flexibility index (Phi) is 6.41. The third kappa shape index (κ3) is 6.30. The van der Waals surface area contributed by atoms with Gasteiger partial charge in [-0.2, -0.15) is 0 Å². The lowest BCUT2D eigenvalue weighted by Crippen LogP contribution is -2.55. The van der Waals surface area contributed by atoms with Gasteiger partial charge in [-0.3, -0.25) is 4.79 Å². The van der Waals surface area contributed by atoms with Crippen molar-refractivity contribution < 1.29 is 27.9 Å². The van der Waals surface area contributed by atoms with Crippen molar-refractivity contribution in [3.05, 3.63) is 0 Å². The van der Waals surface area contributed by atoms with Crippen molar-refractivity contribution in [2.75, 3.05) is 31.2 Å². The number of carboxylic acid groups (broad SMARTS) is 1. The number of carboxylic acids is 1. The average molecular weight is 322 g/mol. The maximum atomic E-state index is 12.0. The normalized spacial score (nSPS) is 21.3. The molecular formula is C12H22N2O6S. The van der Waals surface area contributed by atoms with Crippen LogP contribution >= 0.6 is 0 Å². The number of nitrogens with one attached hydrogen (secondary N) is 1. The second kappa shape index (κ2) is 7.60. The summed E-state index contributed by atoms with van der Waals surface area (Å²) in [7, 11) is -3.29. The third-order valence-corrected chi connectivity index (χ3v) is 4.73. The molecule has 0 aliphatic carbocycles. The van der Waals surface area contributed by atoms with Crippen LogP contribution in [-0.2, 0) is 19.4 Å². The topological polar surface area (TPSA) is 113 Å². The standard InChI is InChI=1S/C12H22N2O6S/c1-9(2)20-5-3-13-12(17)14-4-6-21(18,19)8-10(14)7-11(15)16/h9-10H,3-8H2,1-2H3,(H,13,17)(H,15,16). The molecule has 1 heterocycles. The van der Waals surface area contributed by atoms with Gasteiger partial charge in [0.2, 0.25) is 0 Å². The first-order chi connectivity index (χ1) is 9.71. The highest BCUT2D eigenvalue weighted by molar-refractivity contribution is 7.91. The Hall–Kier alpha value is -1.35. The molecule has 2 amide bonds. The number of aliphatic carboxylic acids is 1. The van der Waals surface area contributed by atoms with Gasteiger partial charge in [-0.1, -0.05) is 0 Å². The highest BCUT2D eigenvalue weighted by atomic mass is 32.2. The number of ether oxygens (including phenoxy) is 1. The Balaban J connectivity index is 2.56. The fraction of sp³-hybridized carbons (Fsp3) is 0.833. The summed E-state index contributed by atoms with van der Waals surface area (Å²) >= 11 is 0. The van der Waals surface area contributed by atoms with Crippen LogP contribution in [0.2, 0.25) is 0 Å². The van der Waals surface area contributed by atoms with Crippen LogP contribution in [0, 0.1) is 0 Å². The van der Waals surface area contributed by atoms with Gasteiger partial charge in [0.15, 0.2) is 9.84 Å². The van der Waals surface area contributed by atoms with Gasteiger partial charge in [0.25, 0.3) is 0 Å². The van der Waals surface area contributed by atoms with Crippen LogP contribution in [-0.4, -0.2) is 73.8 Å². The van der Waals surface area contributed by atoms with E-state index in [1.54, 1.807) is 0 Å². The summed E-state index contributed by atoms with van der Waals surface area (Å²) in [6, 6.07) is -1.28. The van der Waals surface area contributed by atoms with Gasteiger partial charge in [-0.15, -0.1) is 0 Å². The Morgan fingerprint density at radius 3 is 2.67 bits per heavy atom. The molecule has 1 atom stereocenters. The number of carbonyl (C=O) groups excluding carboxylic acids is 1. The highest BCUT2D eigenvalue weighted by Crippen LogP contribution is 2.15. The maximum Gasteiger partial charge on any atom is 0.317 e. The number of nitrogens with zero attached hydrogens (tertiary/aromatic N) is 1. The number of hydrogen-bond donors (Lipinski definition) is 2. The molecule has 1 fully saturated rings. The van der Waals surface area contributed by atoms with Crippen LogP contribution in [0.15, 0.2) is 0 Å². The number of carbonyl (C=O) groups is 2. The van der Waals surface area contributed by atoms with E-state index in [2.05, 4.69) is 5.32 Å². The molecule has 1 aliphatic heterocycles. The number of hydrogen-bond acceptors (Lipinski definition) is 5. The molecule has 0 spiro atoms. The molecule has 0 saturated carbocycles. The molecule has 0 aromatic rings. The van der Waals surface area contributed by atoms with E-state index in [1.165, 1.54) is 4.90 Å². The molecule has 2 N–H and O–H groups in total. The van der Waals surface area contributed by atoms with Crippen molar-refractivity contribution in [2.24, 2.45) is 0 Å². The molecule has 0 radical (unpaired) electrons. The van der Waals surface area contributed by atoms with Gasteiger partial charge in [-0.25, -0.2) is 13.2 Å².